The smallest absolute Gasteiger partial charge is 0.0629 e. The van der Waals surface area contributed by atoms with E-state index in [0.717, 1.165) is 0 Å². The van der Waals surface area contributed by atoms with Crippen LogP contribution in [0.15, 0.2) is 115 Å². The number of anilines is 2. The van der Waals surface area contributed by atoms with E-state index in [-0.39, 0.29) is 0 Å². The Morgan fingerprint density at radius 3 is 2.06 bits per heavy atom. The number of fused-ring (bicyclic) bond motifs is 6. The van der Waals surface area contributed by atoms with E-state index in [1.54, 1.807) is 0 Å². The van der Waals surface area contributed by atoms with Gasteiger partial charge < -0.3 is 9.47 Å². The molecule has 2 unspecified atom stereocenters. The summed E-state index contributed by atoms with van der Waals surface area (Å²) in [5.41, 5.74) is 8.98. The zero-order chi connectivity index (χ0) is 21.9. The Labute approximate surface area is 193 Å². The molecular formula is C31H24N2. The van der Waals surface area contributed by atoms with Crippen molar-refractivity contribution in [1.29, 1.82) is 0 Å². The Bertz CT molecular complexity index is 1550. The van der Waals surface area contributed by atoms with Gasteiger partial charge in [0.2, 0.25) is 0 Å². The van der Waals surface area contributed by atoms with Gasteiger partial charge in [-0.05, 0) is 54.4 Å². The second kappa shape index (κ2) is 6.98. The van der Waals surface area contributed by atoms with Crippen LogP contribution in [-0.4, -0.2) is 10.6 Å². The predicted octanol–water partition coefficient (Wildman–Crippen LogP) is 7.82. The lowest BCUT2D eigenvalue weighted by atomic mass is 9.91. The minimum absolute atomic E-state index is 0.325. The van der Waals surface area contributed by atoms with Crippen molar-refractivity contribution in [1.82, 2.24) is 4.57 Å². The first-order valence-corrected chi connectivity index (χ1v) is 11.6. The highest BCUT2D eigenvalue weighted by atomic mass is 15.2. The summed E-state index contributed by atoms with van der Waals surface area (Å²) < 4.78 is 2.41. The number of benzene rings is 4. The average Bonchev–Trinajstić information content (AvgIpc) is 3.37. The molecule has 0 saturated heterocycles. The highest BCUT2D eigenvalue weighted by molar-refractivity contribution is 6.09. The fourth-order valence-corrected chi connectivity index (χ4v) is 5.81. The van der Waals surface area contributed by atoms with Crippen LogP contribution >= 0.6 is 0 Å². The van der Waals surface area contributed by atoms with Crippen LogP contribution in [0.25, 0.3) is 27.5 Å². The molecule has 2 heteroatoms. The van der Waals surface area contributed by atoms with Gasteiger partial charge in [-0.1, -0.05) is 78.9 Å². The van der Waals surface area contributed by atoms with E-state index >= 15 is 0 Å². The second-order valence-corrected chi connectivity index (χ2v) is 9.06. The maximum atomic E-state index is 2.50. The molecule has 0 spiro atoms. The van der Waals surface area contributed by atoms with Gasteiger partial charge in [-0.25, -0.2) is 0 Å². The molecule has 5 aromatic rings. The fraction of sp³-hybridized carbons (Fsp3) is 0.0968. The third kappa shape index (κ3) is 2.61. The summed E-state index contributed by atoms with van der Waals surface area (Å²) in [5, 5.41) is 2.60. The van der Waals surface area contributed by atoms with Crippen LogP contribution in [0.1, 0.15) is 17.0 Å². The average molecular weight is 425 g/mol. The van der Waals surface area contributed by atoms with Gasteiger partial charge in [0.05, 0.1) is 17.1 Å². The minimum atomic E-state index is 0.325. The van der Waals surface area contributed by atoms with Crippen molar-refractivity contribution in [3.8, 4) is 5.69 Å². The van der Waals surface area contributed by atoms with Gasteiger partial charge in [0.15, 0.2) is 0 Å². The van der Waals surface area contributed by atoms with Gasteiger partial charge in [0, 0.05) is 33.8 Å². The van der Waals surface area contributed by atoms with Crippen molar-refractivity contribution < 1.29 is 0 Å². The van der Waals surface area contributed by atoms with E-state index in [9.17, 15) is 0 Å². The molecule has 4 aromatic carbocycles. The molecule has 0 fully saturated rings. The molecule has 2 atom stereocenters. The Kier molecular flexibility index (Phi) is 3.92. The summed E-state index contributed by atoms with van der Waals surface area (Å²) in [6.07, 6.45) is 9.03. The molecule has 1 aromatic heterocycles. The van der Waals surface area contributed by atoms with Gasteiger partial charge in [-0.15, -0.1) is 0 Å². The van der Waals surface area contributed by atoms with Gasteiger partial charge in [-0.3, -0.25) is 0 Å². The molecule has 1 aliphatic heterocycles. The molecule has 2 nitrogen and oxygen atoms in total. The lowest BCUT2D eigenvalue weighted by Crippen LogP contribution is -2.28. The number of nitrogens with zero attached hydrogens (tertiary/aromatic N) is 2. The van der Waals surface area contributed by atoms with Crippen molar-refractivity contribution in [3.05, 3.63) is 126 Å². The molecule has 7 rings (SSSR count). The molecule has 0 bridgehead atoms. The first kappa shape index (κ1) is 18.5. The van der Waals surface area contributed by atoms with E-state index in [1.807, 2.05) is 0 Å². The molecule has 33 heavy (non-hydrogen) atoms. The fourth-order valence-electron chi connectivity index (χ4n) is 5.81. The summed E-state index contributed by atoms with van der Waals surface area (Å²) in [5.74, 6) is 0.406. The highest BCUT2D eigenvalue weighted by Crippen LogP contribution is 2.48. The second-order valence-electron chi connectivity index (χ2n) is 9.06. The first-order valence-electron chi connectivity index (χ1n) is 11.6. The van der Waals surface area contributed by atoms with E-state index in [2.05, 4.69) is 132 Å². The van der Waals surface area contributed by atoms with Crippen LogP contribution in [0.5, 0.6) is 0 Å². The lowest BCUT2D eigenvalue weighted by molar-refractivity contribution is 0.744. The number of para-hydroxylation sites is 3. The van der Waals surface area contributed by atoms with Crippen molar-refractivity contribution in [2.45, 2.75) is 18.9 Å². The number of hydrogen-bond acceptors (Lipinski definition) is 1. The summed E-state index contributed by atoms with van der Waals surface area (Å²) in [4.78, 5) is 2.50. The monoisotopic (exact) mass is 424 g/mol. The molecule has 0 saturated carbocycles. The molecule has 158 valence electrons. The molecule has 0 radical (unpaired) electrons. The summed E-state index contributed by atoms with van der Waals surface area (Å²) in [7, 11) is 0. The van der Waals surface area contributed by atoms with E-state index in [0.29, 0.717) is 12.0 Å². The van der Waals surface area contributed by atoms with Crippen molar-refractivity contribution in [3.63, 3.8) is 0 Å². The quantitative estimate of drug-likeness (QED) is 0.280. The lowest BCUT2D eigenvalue weighted by Gasteiger charge is -2.29. The molecular weight excluding hydrogens is 400 g/mol. The standard InChI is InChI=1S/C31H24N2/c1-21-20-22(32-28-14-6-2-10-23(28)24-11-3-7-15-29(24)32)18-19-27(21)33-30-16-8-4-12-25(30)26-13-5-9-17-31(26)33/h2-20,23,28H,1H3. The number of hydrogen-bond donors (Lipinski definition) is 0. The number of aryl methyl sites for hydroxylation is 1. The molecule has 2 aliphatic rings. The maximum Gasteiger partial charge on any atom is 0.0629 e. The zero-order valence-electron chi connectivity index (χ0n) is 18.5. The van der Waals surface area contributed by atoms with Gasteiger partial charge in [-0.2, -0.15) is 0 Å². The van der Waals surface area contributed by atoms with Crippen molar-refractivity contribution >= 4 is 33.2 Å². The van der Waals surface area contributed by atoms with Crippen LogP contribution in [0.2, 0.25) is 0 Å². The van der Waals surface area contributed by atoms with E-state index in [1.165, 1.54) is 50.0 Å². The Hall–Kier alpha value is -4.04. The number of allylic oxidation sites excluding steroid dienone is 2. The third-order valence-electron chi connectivity index (χ3n) is 7.24. The maximum absolute atomic E-state index is 2.50. The van der Waals surface area contributed by atoms with E-state index < -0.39 is 0 Å². The molecule has 1 aliphatic carbocycles. The van der Waals surface area contributed by atoms with Crippen LogP contribution < -0.4 is 4.90 Å². The van der Waals surface area contributed by atoms with Crippen LogP contribution in [0.3, 0.4) is 0 Å². The first-order chi connectivity index (χ1) is 16.3. The van der Waals surface area contributed by atoms with Crippen molar-refractivity contribution in [2.75, 3.05) is 4.90 Å². The number of rotatable bonds is 2. The molecule has 0 N–H and O–H groups in total. The molecule has 0 amide bonds. The number of aromatic nitrogens is 1. The summed E-state index contributed by atoms with van der Waals surface area (Å²) in [6.45, 7) is 2.23. The van der Waals surface area contributed by atoms with E-state index in [4.69, 9.17) is 0 Å². The largest absolute Gasteiger partial charge is 0.333 e. The Morgan fingerprint density at radius 1 is 0.636 bits per heavy atom. The predicted molar refractivity (Wildman–Crippen MR) is 139 cm³/mol. The van der Waals surface area contributed by atoms with Crippen LogP contribution in [0.4, 0.5) is 11.4 Å². The minimum Gasteiger partial charge on any atom is -0.333 e. The SMILES string of the molecule is Cc1cc(N2c3ccccc3C3C=CC=CC32)ccc1-n1c2ccccc2c2ccccc21. The molecule has 2 heterocycles. The topological polar surface area (TPSA) is 8.17 Å². The summed E-state index contributed by atoms with van der Waals surface area (Å²) in [6, 6.07) is 33.5. The van der Waals surface area contributed by atoms with Crippen LogP contribution in [-0.2, 0) is 0 Å². The summed E-state index contributed by atoms with van der Waals surface area (Å²) >= 11 is 0. The van der Waals surface area contributed by atoms with Crippen molar-refractivity contribution in [2.24, 2.45) is 0 Å². The normalized spacial score (nSPS) is 18.8. The van der Waals surface area contributed by atoms with Crippen LogP contribution in [0, 0.1) is 6.92 Å². The Balaban J connectivity index is 1.41. The highest BCUT2D eigenvalue weighted by Gasteiger charge is 2.37. The third-order valence-corrected chi connectivity index (χ3v) is 7.24. The Morgan fingerprint density at radius 2 is 1.30 bits per heavy atom. The van der Waals surface area contributed by atoms with Gasteiger partial charge in [0.1, 0.15) is 0 Å². The van der Waals surface area contributed by atoms with Gasteiger partial charge in [0.25, 0.3) is 0 Å². The zero-order valence-corrected chi connectivity index (χ0v) is 18.5. The van der Waals surface area contributed by atoms with Gasteiger partial charge >= 0.3 is 0 Å².